The van der Waals surface area contributed by atoms with Crippen LogP contribution in [0.1, 0.15) is 13.8 Å². The SMILES string of the molecule is CC(C)CSC(CN)C(=O)O. The second-order valence-corrected chi connectivity index (χ2v) is 4.03. The summed E-state index contributed by atoms with van der Waals surface area (Å²) in [6.45, 7) is 4.33. The van der Waals surface area contributed by atoms with Gasteiger partial charge in [-0.2, -0.15) is 0 Å². The predicted molar refractivity (Wildman–Crippen MR) is 47.8 cm³/mol. The van der Waals surface area contributed by atoms with E-state index in [2.05, 4.69) is 13.8 Å². The van der Waals surface area contributed by atoms with Crippen molar-refractivity contribution in [2.75, 3.05) is 12.3 Å². The van der Waals surface area contributed by atoms with E-state index in [1.54, 1.807) is 0 Å². The fraction of sp³-hybridized carbons (Fsp3) is 0.857. The highest BCUT2D eigenvalue weighted by atomic mass is 32.2. The van der Waals surface area contributed by atoms with Gasteiger partial charge in [-0.25, -0.2) is 0 Å². The minimum atomic E-state index is -0.807. The lowest BCUT2D eigenvalue weighted by molar-refractivity contribution is -0.136. The second kappa shape index (κ2) is 5.43. The Balaban J connectivity index is 3.61. The minimum Gasteiger partial charge on any atom is -0.480 e. The number of carboxylic acids is 1. The van der Waals surface area contributed by atoms with Gasteiger partial charge in [0.25, 0.3) is 0 Å². The first kappa shape index (κ1) is 10.8. The fourth-order valence-corrected chi connectivity index (χ4v) is 1.44. The lowest BCUT2D eigenvalue weighted by Crippen LogP contribution is -2.26. The summed E-state index contributed by atoms with van der Waals surface area (Å²) in [6, 6.07) is 0. The van der Waals surface area contributed by atoms with Crippen molar-refractivity contribution in [1.29, 1.82) is 0 Å². The molecule has 0 aromatic heterocycles. The zero-order valence-electron chi connectivity index (χ0n) is 6.91. The third-order valence-corrected chi connectivity index (χ3v) is 2.78. The maximum Gasteiger partial charge on any atom is 0.317 e. The molecule has 0 bridgehead atoms. The first-order valence-electron chi connectivity index (χ1n) is 3.62. The number of rotatable bonds is 5. The molecule has 0 rings (SSSR count). The van der Waals surface area contributed by atoms with Crippen molar-refractivity contribution in [3.05, 3.63) is 0 Å². The molecule has 3 nitrogen and oxygen atoms in total. The van der Waals surface area contributed by atoms with Crippen LogP contribution in [-0.4, -0.2) is 28.6 Å². The van der Waals surface area contributed by atoms with Crippen molar-refractivity contribution in [3.63, 3.8) is 0 Å². The van der Waals surface area contributed by atoms with Gasteiger partial charge in [0.05, 0.1) is 0 Å². The Kier molecular flexibility index (Phi) is 5.32. The van der Waals surface area contributed by atoms with Crippen LogP contribution in [0, 0.1) is 5.92 Å². The van der Waals surface area contributed by atoms with Crippen molar-refractivity contribution in [1.82, 2.24) is 0 Å². The first-order chi connectivity index (χ1) is 5.07. The summed E-state index contributed by atoms with van der Waals surface area (Å²) in [4.78, 5) is 10.4. The van der Waals surface area contributed by atoms with E-state index in [1.165, 1.54) is 11.8 Å². The molecule has 3 N–H and O–H groups in total. The van der Waals surface area contributed by atoms with Gasteiger partial charge in [0.15, 0.2) is 0 Å². The van der Waals surface area contributed by atoms with Gasteiger partial charge in [-0.15, -0.1) is 11.8 Å². The molecule has 0 radical (unpaired) electrons. The van der Waals surface area contributed by atoms with Crippen LogP contribution >= 0.6 is 11.8 Å². The number of thioether (sulfide) groups is 1. The van der Waals surface area contributed by atoms with Gasteiger partial charge in [0, 0.05) is 6.54 Å². The molecular formula is C7H15NO2S. The van der Waals surface area contributed by atoms with E-state index in [0.717, 1.165) is 5.75 Å². The Bertz CT molecular complexity index is 128. The van der Waals surface area contributed by atoms with Crippen LogP contribution < -0.4 is 5.73 Å². The lowest BCUT2D eigenvalue weighted by Gasteiger charge is -2.10. The molecule has 11 heavy (non-hydrogen) atoms. The highest BCUT2D eigenvalue weighted by Crippen LogP contribution is 2.13. The van der Waals surface area contributed by atoms with Crippen molar-refractivity contribution >= 4 is 17.7 Å². The Morgan fingerprint density at radius 2 is 2.18 bits per heavy atom. The van der Waals surface area contributed by atoms with Gasteiger partial charge in [-0.3, -0.25) is 4.79 Å². The third kappa shape index (κ3) is 5.09. The van der Waals surface area contributed by atoms with Crippen LogP contribution in [-0.2, 0) is 4.79 Å². The Labute approximate surface area is 71.3 Å². The molecular weight excluding hydrogens is 162 g/mol. The number of carbonyl (C=O) groups is 1. The Morgan fingerprint density at radius 3 is 2.45 bits per heavy atom. The van der Waals surface area contributed by atoms with Gasteiger partial charge in [-0.05, 0) is 11.7 Å². The van der Waals surface area contributed by atoms with Crippen molar-refractivity contribution < 1.29 is 9.90 Å². The molecule has 66 valence electrons. The molecule has 0 aliphatic heterocycles. The van der Waals surface area contributed by atoms with E-state index in [4.69, 9.17) is 10.8 Å². The van der Waals surface area contributed by atoms with Crippen LogP contribution in [0.25, 0.3) is 0 Å². The molecule has 0 aromatic rings. The van der Waals surface area contributed by atoms with E-state index in [-0.39, 0.29) is 6.54 Å². The van der Waals surface area contributed by atoms with E-state index >= 15 is 0 Å². The number of hydrogen-bond acceptors (Lipinski definition) is 3. The molecule has 1 unspecified atom stereocenters. The number of carboxylic acid groups (broad SMARTS) is 1. The standard InChI is InChI=1S/C7H15NO2S/c1-5(2)4-11-6(3-8)7(9)10/h5-6H,3-4,8H2,1-2H3,(H,9,10). The number of hydrogen-bond donors (Lipinski definition) is 2. The molecule has 0 heterocycles. The number of nitrogens with two attached hydrogens (primary N) is 1. The van der Waals surface area contributed by atoms with E-state index in [0.29, 0.717) is 5.92 Å². The van der Waals surface area contributed by atoms with E-state index in [1.807, 2.05) is 0 Å². The molecule has 0 aromatic carbocycles. The van der Waals surface area contributed by atoms with Crippen molar-refractivity contribution in [3.8, 4) is 0 Å². The summed E-state index contributed by atoms with van der Waals surface area (Å²) in [7, 11) is 0. The highest BCUT2D eigenvalue weighted by Gasteiger charge is 2.15. The van der Waals surface area contributed by atoms with Crippen molar-refractivity contribution in [2.45, 2.75) is 19.1 Å². The summed E-state index contributed by atoms with van der Waals surface area (Å²) in [5.74, 6) is 0.570. The van der Waals surface area contributed by atoms with Crippen LogP contribution in [0.5, 0.6) is 0 Å². The van der Waals surface area contributed by atoms with Crippen LogP contribution in [0.2, 0.25) is 0 Å². The summed E-state index contributed by atoms with van der Waals surface area (Å²) in [5.41, 5.74) is 5.26. The normalized spacial score (nSPS) is 13.5. The average molecular weight is 177 g/mol. The van der Waals surface area contributed by atoms with Gasteiger partial charge in [0.2, 0.25) is 0 Å². The second-order valence-electron chi connectivity index (χ2n) is 2.79. The molecule has 0 saturated carbocycles. The Morgan fingerprint density at radius 1 is 1.64 bits per heavy atom. The van der Waals surface area contributed by atoms with Gasteiger partial charge in [-0.1, -0.05) is 13.8 Å². The monoisotopic (exact) mass is 177 g/mol. The van der Waals surface area contributed by atoms with Crippen LogP contribution in [0.3, 0.4) is 0 Å². The quantitative estimate of drug-likeness (QED) is 0.651. The molecule has 0 aliphatic carbocycles. The van der Waals surface area contributed by atoms with Crippen LogP contribution in [0.4, 0.5) is 0 Å². The smallest absolute Gasteiger partial charge is 0.317 e. The van der Waals surface area contributed by atoms with E-state index in [9.17, 15) is 4.79 Å². The topological polar surface area (TPSA) is 63.3 Å². The summed E-state index contributed by atoms with van der Waals surface area (Å²) < 4.78 is 0. The molecule has 0 saturated heterocycles. The zero-order chi connectivity index (χ0) is 8.85. The summed E-state index contributed by atoms with van der Waals surface area (Å²) in [6.07, 6.45) is 0. The number of aliphatic carboxylic acids is 1. The maximum absolute atomic E-state index is 10.4. The molecule has 0 fully saturated rings. The maximum atomic E-state index is 10.4. The zero-order valence-corrected chi connectivity index (χ0v) is 7.73. The van der Waals surface area contributed by atoms with Gasteiger partial charge < -0.3 is 10.8 Å². The molecule has 4 heteroatoms. The molecule has 0 spiro atoms. The lowest BCUT2D eigenvalue weighted by atomic mass is 10.3. The minimum absolute atomic E-state index is 0.215. The van der Waals surface area contributed by atoms with Crippen molar-refractivity contribution in [2.24, 2.45) is 11.7 Å². The third-order valence-electron chi connectivity index (χ3n) is 1.12. The molecule has 0 amide bonds. The first-order valence-corrected chi connectivity index (χ1v) is 4.67. The Hall–Kier alpha value is -0.220. The van der Waals surface area contributed by atoms with E-state index < -0.39 is 11.2 Å². The molecule has 0 aliphatic rings. The largest absolute Gasteiger partial charge is 0.480 e. The van der Waals surface area contributed by atoms with Gasteiger partial charge in [0.1, 0.15) is 5.25 Å². The van der Waals surface area contributed by atoms with Gasteiger partial charge >= 0.3 is 5.97 Å². The predicted octanol–water partition coefficient (Wildman–Crippen LogP) is 0.788. The summed E-state index contributed by atoms with van der Waals surface area (Å²) >= 11 is 1.41. The summed E-state index contributed by atoms with van der Waals surface area (Å²) in [5, 5.41) is 8.15. The van der Waals surface area contributed by atoms with Crippen LogP contribution in [0.15, 0.2) is 0 Å². The highest BCUT2D eigenvalue weighted by molar-refractivity contribution is 8.00. The average Bonchev–Trinajstić information content (AvgIpc) is 1.87. The fourth-order valence-electron chi connectivity index (χ4n) is 0.549. The molecule has 1 atom stereocenters.